The van der Waals surface area contributed by atoms with Crippen LogP contribution < -0.4 is 23.3 Å². The second-order valence-electron chi connectivity index (χ2n) is 6.64. The number of carbonyl (C=O) groups excluding carboxylic acids is 1. The van der Waals surface area contributed by atoms with E-state index in [4.69, 9.17) is 18.9 Å². The average molecular weight is 458 g/mol. The first kappa shape index (κ1) is 23.0. The van der Waals surface area contributed by atoms with Crippen LogP contribution in [0.5, 0.6) is 23.0 Å². The van der Waals surface area contributed by atoms with Gasteiger partial charge in [0.15, 0.2) is 0 Å². The molecule has 168 valence electrons. The van der Waals surface area contributed by atoms with Crippen LogP contribution in [0.15, 0.2) is 71.6 Å². The van der Waals surface area contributed by atoms with E-state index in [1.54, 1.807) is 30.3 Å². The summed E-state index contributed by atoms with van der Waals surface area (Å²) in [5, 5.41) is 0. The van der Waals surface area contributed by atoms with Crippen LogP contribution in [0, 0.1) is 0 Å². The number of anilines is 1. The van der Waals surface area contributed by atoms with Crippen molar-refractivity contribution in [2.75, 3.05) is 32.7 Å². The summed E-state index contributed by atoms with van der Waals surface area (Å²) in [6.07, 6.45) is 0. The molecule has 0 aliphatic carbocycles. The quantitative estimate of drug-likeness (QED) is 0.376. The fourth-order valence-electron chi connectivity index (χ4n) is 2.88. The molecule has 0 saturated heterocycles. The average Bonchev–Trinajstić information content (AvgIpc) is 2.83. The van der Waals surface area contributed by atoms with Gasteiger partial charge in [0.25, 0.3) is 10.0 Å². The van der Waals surface area contributed by atoms with Crippen molar-refractivity contribution in [2.45, 2.75) is 4.90 Å². The normalized spacial score (nSPS) is 10.9. The zero-order valence-corrected chi connectivity index (χ0v) is 18.9. The summed E-state index contributed by atoms with van der Waals surface area (Å²) in [7, 11) is 2.01. The van der Waals surface area contributed by atoms with Crippen molar-refractivity contribution < 1.29 is 32.2 Å². The summed E-state index contributed by atoms with van der Waals surface area (Å²) in [4.78, 5) is 12.6. The molecule has 0 fully saturated rings. The third-order valence-corrected chi connectivity index (χ3v) is 6.48. The maximum atomic E-state index is 13.1. The number of methoxy groups -OCH3 is 3. The minimum absolute atomic E-state index is 0.0477. The minimum atomic E-state index is -3.92. The molecule has 0 saturated carbocycles. The van der Waals surface area contributed by atoms with Gasteiger partial charge in [-0.25, -0.2) is 13.2 Å². The minimum Gasteiger partial charge on any atom is -0.497 e. The van der Waals surface area contributed by atoms with Crippen LogP contribution in [0.3, 0.4) is 0 Å². The number of esters is 1. The Hall–Kier alpha value is -3.72. The van der Waals surface area contributed by atoms with Crippen molar-refractivity contribution in [3.8, 4) is 23.0 Å². The Morgan fingerprint density at radius 3 is 1.88 bits per heavy atom. The lowest BCUT2D eigenvalue weighted by molar-refractivity contribution is 0.0734. The predicted molar refractivity (Wildman–Crippen MR) is 120 cm³/mol. The molecular formula is C23H23NO7S. The zero-order valence-electron chi connectivity index (χ0n) is 18.1. The Labute approximate surface area is 187 Å². The van der Waals surface area contributed by atoms with Crippen LogP contribution in [0.4, 0.5) is 5.69 Å². The summed E-state index contributed by atoms with van der Waals surface area (Å²) in [5.41, 5.74) is 0.526. The van der Waals surface area contributed by atoms with Crippen molar-refractivity contribution in [2.24, 2.45) is 0 Å². The molecule has 9 heteroatoms. The number of nitrogens with zero attached hydrogens (tertiary/aromatic N) is 1. The number of hydrogen-bond acceptors (Lipinski definition) is 7. The molecule has 0 aliphatic rings. The van der Waals surface area contributed by atoms with Crippen molar-refractivity contribution in [1.29, 1.82) is 0 Å². The number of carbonyl (C=O) groups is 1. The molecule has 3 rings (SSSR count). The summed E-state index contributed by atoms with van der Waals surface area (Å²) < 4.78 is 48.2. The van der Waals surface area contributed by atoms with Gasteiger partial charge < -0.3 is 18.9 Å². The summed E-state index contributed by atoms with van der Waals surface area (Å²) in [6.45, 7) is 0. The molecule has 3 aromatic rings. The van der Waals surface area contributed by atoms with Gasteiger partial charge in [-0.1, -0.05) is 6.07 Å². The zero-order chi connectivity index (χ0) is 23.3. The fourth-order valence-corrected chi connectivity index (χ4v) is 4.12. The van der Waals surface area contributed by atoms with Crippen LogP contribution in [0.2, 0.25) is 0 Å². The van der Waals surface area contributed by atoms with E-state index in [1.165, 1.54) is 64.8 Å². The molecule has 3 aromatic carbocycles. The number of hydrogen-bond donors (Lipinski definition) is 0. The van der Waals surface area contributed by atoms with Gasteiger partial charge in [0, 0.05) is 25.2 Å². The summed E-state index contributed by atoms with van der Waals surface area (Å²) in [6, 6.07) is 16.9. The van der Waals surface area contributed by atoms with Crippen molar-refractivity contribution in [1.82, 2.24) is 0 Å². The smallest absolute Gasteiger partial charge is 0.343 e. The van der Waals surface area contributed by atoms with Crippen LogP contribution in [-0.4, -0.2) is 42.8 Å². The van der Waals surface area contributed by atoms with Gasteiger partial charge in [-0.3, -0.25) is 4.31 Å². The third kappa shape index (κ3) is 4.94. The highest BCUT2D eigenvalue weighted by Gasteiger charge is 2.23. The third-order valence-electron chi connectivity index (χ3n) is 4.70. The molecule has 0 amide bonds. The van der Waals surface area contributed by atoms with Crippen molar-refractivity contribution in [3.63, 3.8) is 0 Å². The van der Waals surface area contributed by atoms with Crippen LogP contribution in [-0.2, 0) is 10.0 Å². The molecule has 0 heterocycles. The molecule has 0 aromatic heterocycles. The van der Waals surface area contributed by atoms with Gasteiger partial charge in [-0.05, 0) is 42.5 Å². The first-order valence-electron chi connectivity index (χ1n) is 9.47. The topological polar surface area (TPSA) is 91.4 Å². The summed E-state index contributed by atoms with van der Waals surface area (Å²) in [5.74, 6) is 0.993. The van der Waals surface area contributed by atoms with Crippen molar-refractivity contribution in [3.05, 3.63) is 72.3 Å². The van der Waals surface area contributed by atoms with Gasteiger partial charge in [-0.15, -0.1) is 0 Å². The van der Waals surface area contributed by atoms with Gasteiger partial charge in [0.1, 0.15) is 23.0 Å². The first-order chi connectivity index (χ1) is 15.3. The maximum Gasteiger partial charge on any atom is 0.343 e. The molecule has 0 aliphatic heterocycles. The van der Waals surface area contributed by atoms with E-state index in [0.29, 0.717) is 22.9 Å². The molecule has 0 bridgehead atoms. The van der Waals surface area contributed by atoms with E-state index in [-0.39, 0.29) is 16.2 Å². The number of ether oxygens (including phenoxy) is 4. The molecule has 0 unspecified atom stereocenters. The van der Waals surface area contributed by atoms with Crippen LogP contribution in [0.1, 0.15) is 10.4 Å². The maximum absolute atomic E-state index is 13.1. The van der Waals surface area contributed by atoms with E-state index < -0.39 is 16.0 Å². The highest BCUT2D eigenvalue weighted by atomic mass is 32.2. The Balaban J connectivity index is 1.86. The Kier molecular flexibility index (Phi) is 6.89. The SMILES string of the molecule is COc1ccc(N(C)S(=O)(=O)c2cccc(C(=O)Oc3cc(OC)cc(OC)c3)c2)cc1. The molecule has 8 nitrogen and oxygen atoms in total. The number of benzene rings is 3. The van der Waals surface area contributed by atoms with Gasteiger partial charge >= 0.3 is 5.97 Å². The Morgan fingerprint density at radius 1 is 0.750 bits per heavy atom. The Morgan fingerprint density at radius 2 is 1.31 bits per heavy atom. The molecule has 0 radical (unpaired) electrons. The van der Waals surface area contributed by atoms with E-state index in [1.807, 2.05) is 0 Å². The van der Waals surface area contributed by atoms with E-state index in [2.05, 4.69) is 0 Å². The van der Waals surface area contributed by atoms with Crippen LogP contribution >= 0.6 is 0 Å². The summed E-state index contributed by atoms with van der Waals surface area (Å²) >= 11 is 0. The lowest BCUT2D eigenvalue weighted by atomic mass is 10.2. The Bertz CT molecular complexity index is 1190. The second-order valence-corrected chi connectivity index (χ2v) is 8.61. The van der Waals surface area contributed by atoms with E-state index >= 15 is 0 Å². The van der Waals surface area contributed by atoms with Gasteiger partial charge in [-0.2, -0.15) is 0 Å². The molecule has 32 heavy (non-hydrogen) atoms. The van der Waals surface area contributed by atoms with E-state index in [0.717, 1.165) is 4.31 Å². The van der Waals surface area contributed by atoms with Gasteiger partial charge in [0.05, 0.1) is 37.5 Å². The highest BCUT2D eigenvalue weighted by Crippen LogP contribution is 2.29. The van der Waals surface area contributed by atoms with E-state index in [9.17, 15) is 13.2 Å². The number of sulfonamides is 1. The standard InChI is InChI=1S/C23H23NO7S/c1-24(17-8-10-18(28-2)11-9-17)32(26,27)22-7-5-6-16(12-22)23(25)31-21-14-19(29-3)13-20(15-21)30-4/h5-15H,1-4H3. The predicted octanol–water partition coefficient (Wildman–Crippen LogP) is 3.76. The molecule has 0 atom stereocenters. The lowest BCUT2D eigenvalue weighted by Gasteiger charge is -2.20. The largest absolute Gasteiger partial charge is 0.497 e. The van der Waals surface area contributed by atoms with Gasteiger partial charge in [0.2, 0.25) is 0 Å². The highest BCUT2D eigenvalue weighted by molar-refractivity contribution is 7.92. The van der Waals surface area contributed by atoms with Crippen LogP contribution in [0.25, 0.3) is 0 Å². The monoisotopic (exact) mass is 457 g/mol. The fraction of sp³-hybridized carbons (Fsp3) is 0.174. The van der Waals surface area contributed by atoms with Crippen molar-refractivity contribution >= 4 is 21.7 Å². The molecule has 0 N–H and O–H groups in total. The molecular weight excluding hydrogens is 434 g/mol. The lowest BCUT2D eigenvalue weighted by Crippen LogP contribution is -2.26. The molecule has 0 spiro atoms. The second kappa shape index (κ2) is 9.61. The first-order valence-corrected chi connectivity index (χ1v) is 10.9. The number of rotatable bonds is 8.